The number of carboxylic acid groups (broad SMARTS) is 1. The molecular formula is C18H17NO4. The van der Waals surface area contributed by atoms with Crippen LogP contribution < -0.4 is 5.32 Å². The minimum absolute atomic E-state index is 0.300. The van der Waals surface area contributed by atoms with Crippen LogP contribution in [0.5, 0.6) is 0 Å². The van der Waals surface area contributed by atoms with Gasteiger partial charge < -0.3 is 5.11 Å². The monoisotopic (exact) mass is 311 g/mol. The molecule has 118 valence electrons. The van der Waals surface area contributed by atoms with Gasteiger partial charge in [0, 0.05) is 0 Å². The van der Waals surface area contributed by atoms with E-state index in [1.54, 1.807) is 24.3 Å². The fraction of sp³-hybridized carbons (Fsp3) is 0.167. The summed E-state index contributed by atoms with van der Waals surface area (Å²) in [4.78, 5) is 32.6. The molecule has 1 heterocycles. The summed E-state index contributed by atoms with van der Waals surface area (Å²) in [5.41, 5.74) is 1.82. The van der Waals surface area contributed by atoms with E-state index in [0.29, 0.717) is 17.5 Å². The zero-order valence-electron chi connectivity index (χ0n) is 12.7. The summed E-state index contributed by atoms with van der Waals surface area (Å²) in [5, 5.41) is 11.0. The molecule has 0 spiro atoms. The second-order valence-corrected chi connectivity index (χ2v) is 5.04. The molecule has 23 heavy (non-hydrogen) atoms. The van der Waals surface area contributed by atoms with Gasteiger partial charge in [0.2, 0.25) is 0 Å². The van der Waals surface area contributed by atoms with E-state index in [1.807, 2.05) is 37.3 Å². The molecule has 0 bridgehead atoms. The van der Waals surface area contributed by atoms with Crippen molar-refractivity contribution in [2.24, 2.45) is 0 Å². The Hall–Kier alpha value is -2.95. The molecule has 0 aliphatic carbocycles. The molecule has 1 atom stereocenters. The van der Waals surface area contributed by atoms with Crippen LogP contribution in [0.1, 0.15) is 45.5 Å². The number of fused-ring (bicyclic) bond motifs is 1. The number of aliphatic carboxylic acids is 1. The van der Waals surface area contributed by atoms with Crippen molar-refractivity contribution in [1.82, 2.24) is 5.32 Å². The predicted molar refractivity (Wildman–Crippen MR) is 85.3 cm³/mol. The Bertz CT molecular complexity index is 692. The van der Waals surface area contributed by atoms with Gasteiger partial charge in [-0.25, -0.2) is 0 Å². The van der Waals surface area contributed by atoms with E-state index >= 15 is 0 Å². The van der Waals surface area contributed by atoms with Gasteiger partial charge in [0.1, 0.15) is 0 Å². The van der Waals surface area contributed by atoms with E-state index in [9.17, 15) is 14.4 Å². The lowest BCUT2D eigenvalue weighted by Gasteiger charge is -2.08. The summed E-state index contributed by atoms with van der Waals surface area (Å²) in [6.45, 7) is 1.88. The van der Waals surface area contributed by atoms with E-state index in [-0.39, 0.29) is 17.7 Å². The molecule has 2 amide bonds. The Morgan fingerprint density at radius 3 is 1.87 bits per heavy atom. The quantitative estimate of drug-likeness (QED) is 0.854. The second kappa shape index (κ2) is 7.35. The van der Waals surface area contributed by atoms with E-state index < -0.39 is 5.97 Å². The fourth-order valence-electron chi connectivity index (χ4n) is 2.36. The molecule has 1 unspecified atom stereocenters. The van der Waals surface area contributed by atoms with Crippen LogP contribution in [0.25, 0.3) is 0 Å². The highest BCUT2D eigenvalue weighted by Crippen LogP contribution is 2.18. The van der Waals surface area contributed by atoms with Crippen LogP contribution in [0.4, 0.5) is 0 Å². The van der Waals surface area contributed by atoms with Crippen LogP contribution in [0.3, 0.4) is 0 Å². The number of carbonyl (C=O) groups excluding carboxylic acids is 2. The lowest BCUT2D eigenvalue weighted by Crippen LogP contribution is -2.19. The minimum atomic E-state index is -0.747. The fourth-order valence-corrected chi connectivity index (χ4v) is 2.36. The third-order valence-corrected chi connectivity index (χ3v) is 3.55. The smallest absolute Gasteiger partial charge is 0.310 e. The van der Waals surface area contributed by atoms with E-state index in [1.165, 1.54) is 0 Å². The van der Waals surface area contributed by atoms with Crippen LogP contribution in [-0.2, 0) is 4.79 Å². The molecule has 3 rings (SSSR count). The van der Waals surface area contributed by atoms with Crippen LogP contribution in [0.15, 0.2) is 54.6 Å². The maximum Gasteiger partial charge on any atom is 0.310 e. The average molecular weight is 311 g/mol. The zero-order chi connectivity index (χ0) is 16.8. The first-order chi connectivity index (χ1) is 11.0. The maximum atomic E-state index is 10.9. The number of carbonyl (C=O) groups is 3. The standard InChI is InChI=1S/C10H12O2.C8H5NO2/c1-2-9(10(11)12)8-6-4-3-5-7-8;10-7-5-3-1-2-4-6(5)8(11)9-7/h3-7,9H,2H2,1H3,(H,11,12);1-4H,(H,9,10,11). The number of hydrogen-bond acceptors (Lipinski definition) is 3. The molecule has 2 aromatic carbocycles. The highest BCUT2D eigenvalue weighted by atomic mass is 16.4. The molecule has 2 N–H and O–H groups in total. The minimum Gasteiger partial charge on any atom is -0.481 e. The normalized spacial score (nSPS) is 13.4. The number of imide groups is 1. The molecule has 5 heteroatoms. The number of rotatable bonds is 3. The molecule has 0 saturated carbocycles. The third-order valence-electron chi connectivity index (χ3n) is 3.55. The van der Waals surface area contributed by atoms with E-state index in [2.05, 4.69) is 5.32 Å². The summed E-state index contributed by atoms with van der Waals surface area (Å²) in [5.74, 6) is -1.70. The van der Waals surface area contributed by atoms with Crippen molar-refractivity contribution in [3.63, 3.8) is 0 Å². The van der Waals surface area contributed by atoms with Gasteiger partial charge >= 0.3 is 5.97 Å². The van der Waals surface area contributed by atoms with Gasteiger partial charge in [-0.2, -0.15) is 0 Å². The summed E-state index contributed by atoms with van der Waals surface area (Å²) >= 11 is 0. The van der Waals surface area contributed by atoms with Gasteiger partial charge in [0.15, 0.2) is 0 Å². The molecule has 0 radical (unpaired) electrons. The van der Waals surface area contributed by atoms with Crippen LogP contribution in [-0.4, -0.2) is 22.9 Å². The number of benzene rings is 2. The predicted octanol–water partition coefficient (Wildman–Crippen LogP) is 2.84. The first kappa shape index (κ1) is 16.4. The Morgan fingerprint density at radius 2 is 1.43 bits per heavy atom. The number of nitrogens with one attached hydrogen (secondary N) is 1. The van der Waals surface area contributed by atoms with Crippen molar-refractivity contribution < 1.29 is 19.5 Å². The molecule has 0 saturated heterocycles. The second-order valence-electron chi connectivity index (χ2n) is 5.04. The van der Waals surface area contributed by atoms with Crippen molar-refractivity contribution in [3.8, 4) is 0 Å². The Morgan fingerprint density at radius 1 is 0.957 bits per heavy atom. The van der Waals surface area contributed by atoms with Crippen molar-refractivity contribution in [2.45, 2.75) is 19.3 Å². The third kappa shape index (κ3) is 3.83. The molecule has 0 aromatic heterocycles. The highest BCUT2D eigenvalue weighted by molar-refractivity contribution is 6.21. The van der Waals surface area contributed by atoms with E-state index in [0.717, 1.165) is 5.56 Å². The summed E-state index contributed by atoms with van der Waals surface area (Å²) < 4.78 is 0. The van der Waals surface area contributed by atoms with Crippen molar-refractivity contribution in [3.05, 3.63) is 71.3 Å². The van der Waals surface area contributed by atoms with Gasteiger partial charge in [-0.05, 0) is 24.1 Å². The lowest BCUT2D eigenvalue weighted by atomic mass is 9.97. The Kier molecular flexibility index (Phi) is 5.25. The van der Waals surface area contributed by atoms with Gasteiger partial charge in [-0.3, -0.25) is 19.7 Å². The van der Waals surface area contributed by atoms with Gasteiger partial charge in [0.05, 0.1) is 17.0 Å². The topological polar surface area (TPSA) is 83.5 Å². The Labute approximate surface area is 134 Å². The first-order valence-corrected chi connectivity index (χ1v) is 7.27. The SMILES string of the molecule is CCC(C(=O)O)c1ccccc1.O=C1NC(=O)c2ccccc21. The molecule has 2 aromatic rings. The van der Waals surface area contributed by atoms with Gasteiger partial charge in [-0.15, -0.1) is 0 Å². The van der Waals surface area contributed by atoms with Crippen LogP contribution in [0, 0.1) is 0 Å². The van der Waals surface area contributed by atoms with Gasteiger partial charge in [0.25, 0.3) is 11.8 Å². The zero-order valence-corrected chi connectivity index (χ0v) is 12.7. The molecule has 0 fully saturated rings. The highest BCUT2D eigenvalue weighted by Gasteiger charge is 2.25. The number of amides is 2. The largest absolute Gasteiger partial charge is 0.481 e. The number of carboxylic acids is 1. The lowest BCUT2D eigenvalue weighted by molar-refractivity contribution is -0.138. The summed E-state index contributed by atoms with van der Waals surface area (Å²) in [7, 11) is 0. The maximum absolute atomic E-state index is 10.9. The molecule has 1 aliphatic heterocycles. The van der Waals surface area contributed by atoms with Crippen molar-refractivity contribution in [1.29, 1.82) is 0 Å². The van der Waals surface area contributed by atoms with Crippen molar-refractivity contribution >= 4 is 17.8 Å². The molecule has 1 aliphatic rings. The molecular weight excluding hydrogens is 294 g/mol. The van der Waals surface area contributed by atoms with Crippen LogP contribution in [0.2, 0.25) is 0 Å². The number of hydrogen-bond donors (Lipinski definition) is 2. The van der Waals surface area contributed by atoms with Crippen LogP contribution >= 0.6 is 0 Å². The van der Waals surface area contributed by atoms with Crippen molar-refractivity contribution in [2.75, 3.05) is 0 Å². The summed E-state index contributed by atoms with van der Waals surface area (Å²) in [6, 6.07) is 16.0. The first-order valence-electron chi connectivity index (χ1n) is 7.27. The van der Waals surface area contributed by atoms with Gasteiger partial charge in [-0.1, -0.05) is 49.4 Å². The van der Waals surface area contributed by atoms with E-state index in [4.69, 9.17) is 5.11 Å². The summed E-state index contributed by atoms with van der Waals surface area (Å²) in [6.07, 6.45) is 0.638. The molecule has 5 nitrogen and oxygen atoms in total. The average Bonchev–Trinajstić information content (AvgIpc) is 2.85. The Balaban J connectivity index is 0.000000167.